The van der Waals surface area contributed by atoms with Crippen LogP contribution in [-0.4, -0.2) is 43.0 Å². The summed E-state index contributed by atoms with van der Waals surface area (Å²) in [6.45, 7) is 1.56. The van der Waals surface area contributed by atoms with Crippen molar-refractivity contribution in [3.05, 3.63) is 29.6 Å². The zero-order valence-electron chi connectivity index (χ0n) is 10.1. The Kier molecular flexibility index (Phi) is 5.11. The normalized spacial score (nSPS) is 10.0. The fourth-order valence-corrected chi connectivity index (χ4v) is 1.33. The van der Waals surface area contributed by atoms with Gasteiger partial charge in [0.2, 0.25) is 0 Å². The maximum absolute atomic E-state index is 11.7. The van der Waals surface area contributed by atoms with Crippen LogP contribution in [0.4, 0.5) is 0 Å². The molecule has 0 fully saturated rings. The highest BCUT2D eigenvalue weighted by Crippen LogP contribution is 2.00. The van der Waals surface area contributed by atoms with Gasteiger partial charge < -0.3 is 10.2 Å². The molecule has 1 N–H and O–H groups in total. The molecule has 0 bridgehead atoms. The van der Waals surface area contributed by atoms with E-state index in [9.17, 15) is 4.79 Å². The third-order valence-electron chi connectivity index (χ3n) is 2.20. The first-order valence-electron chi connectivity index (χ1n) is 5.42. The molecule has 1 heterocycles. The van der Waals surface area contributed by atoms with E-state index in [1.807, 2.05) is 20.2 Å². The predicted molar refractivity (Wildman–Crippen MR) is 64.5 cm³/mol. The smallest absolute Gasteiger partial charge is 0.251 e. The number of hydrogen-bond acceptors (Lipinski definition) is 4. The molecule has 90 valence electrons. The fraction of sp³-hybridized carbons (Fsp3) is 0.417. The molecule has 5 heteroatoms. The number of nitrogens with one attached hydrogen (secondary N) is 1. The molecule has 0 aliphatic carbocycles. The molecule has 0 unspecified atom stereocenters. The molecular formula is C12H16N4O. The predicted octanol–water partition coefficient (Wildman–Crippen LogP) is 0.635. The van der Waals surface area contributed by atoms with Gasteiger partial charge in [-0.15, -0.1) is 0 Å². The summed E-state index contributed by atoms with van der Waals surface area (Å²) in [5, 5.41) is 11.5. The molecule has 0 saturated carbocycles. The minimum Gasteiger partial charge on any atom is -0.352 e. The Morgan fingerprint density at radius 2 is 2.35 bits per heavy atom. The van der Waals surface area contributed by atoms with Crippen LogP contribution < -0.4 is 5.32 Å². The standard InChI is InChI=1S/C12H16N4O/c1-16(2)7-3-5-15-12(17)10-4-6-14-11(8-10)9-13/h4,6,8H,3,5,7H2,1-2H3,(H,15,17). The lowest BCUT2D eigenvalue weighted by molar-refractivity contribution is 0.0952. The van der Waals surface area contributed by atoms with E-state index in [4.69, 9.17) is 5.26 Å². The molecule has 1 rings (SSSR count). The zero-order valence-corrected chi connectivity index (χ0v) is 10.1. The molecule has 0 saturated heterocycles. The van der Waals surface area contributed by atoms with Gasteiger partial charge >= 0.3 is 0 Å². The first-order chi connectivity index (χ1) is 8.13. The molecule has 17 heavy (non-hydrogen) atoms. The van der Waals surface area contributed by atoms with Gasteiger partial charge in [0.05, 0.1) is 0 Å². The molecule has 5 nitrogen and oxygen atoms in total. The lowest BCUT2D eigenvalue weighted by atomic mass is 10.2. The maximum Gasteiger partial charge on any atom is 0.251 e. The molecular weight excluding hydrogens is 216 g/mol. The Hall–Kier alpha value is -1.93. The quantitative estimate of drug-likeness (QED) is 0.756. The van der Waals surface area contributed by atoms with Gasteiger partial charge in [-0.2, -0.15) is 5.26 Å². The second kappa shape index (κ2) is 6.61. The number of nitrogens with zero attached hydrogens (tertiary/aromatic N) is 3. The van der Waals surface area contributed by atoms with Crippen molar-refractivity contribution in [3.63, 3.8) is 0 Å². The first kappa shape index (κ1) is 13.1. The minimum atomic E-state index is -0.164. The van der Waals surface area contributed by atoms with Crippen LogP contribution in [-0.2, 0) is 0 Å². The first-order valence-corrected chi connectivity index (χ1v) is 5.42. The van der Waals surface area contributed by atoms with Crippen molar-refractivity contribution < 1.29 is 4.79 Å². The zero-order chi connectivity index (χ0) is 12.7. The van der Waals surface area contributed by atoms with Crippen molar-refractivity contribution in [2.24, 2.45) is 0 Å². The van der Waals surface area contributed by atoms with Gasteiger partial charge in [0.25, 0.3) is 5.91 Å². The highest BCUT2D eigenvalue weighted by molar-refractivity contribution is 5.94. The van der Waals surface area contributed by atoms with Gasteiger partial charge in [0.1, 0.15) is 11.8 Å². The summed E-state index contributed by atoms with van der Waals surface area (Å²) < 4.78 is 0. The molecule has 0 aliphatic heterocycles. The molecule has 1 aromatic rings. The summed E-state index contributed by atoms with van der Waals surface area (Å²) in [4.78, 5) is 17.6. The third kappa shape index (κ3) is 4.62. The van der Waals surface area contributed by atoms with Gasteiger partial charge in [-0.25, -0.2) is 4.98 Å². The second-order valence-electron chi connectivity index (χ2n) is 3.95. The molecule has 0 radical (unpaired) electrons. The maximum atomic E-state index is 11.7. The number of carbonyl (C=O) groups excluding carboxylic acids is 1. The van der Waals surface area contributed by atoms with Gasteiger partial charge in [0.15, 0.2) is 0 Å². The molecule has 0 spiro atoms. The van der Waals surface area contributed by atoms with Crippen LogP contribution in [0.3, 0.4) is 0 Å². The summed E-state index contributed by atoms with van der Waals surface area (Å²) in [6, 6.07) is 4.99. The van der Waals surface area contributed by atoms with E-state index >= 15 is 0 Å². The fourth-order valence-electron chi connectivity index (χ4n) is 1.33. The lowest BCUT2D eigenvalue weighted by Crippen LogP contribution is -2.27. The Labute approximate surface area is 101 Å². The van der Waals surface area contributed by atoms with Crippen LogP contribution in [0.1, 0.15) is 22.5 Å². The van der Waals surface area contributed by atoms with Crippen LogP contribution in [0.25, 0.3) is 0 Å². The van der Waals surface area contributed by atoms with Gasteiger partial charge in [-0.3, -0.25) is 4.79 Å². The second-order valence-corrected chi connectivity index (χ2v) is 3.95. The number of carbonyl (C=O) groups is 1. The lowest BCUT2D eigenvalue weighted by Gasteiger charge is -2.09. The van der Waals surface area contributed by atoms with Crippen molar-refractivity contribution in [1.29, 1.82) is 5.26 Å². The van der Waals surface area contributed by atoms with Crippen LogP contribution in [0.15, 0.2) is 18.3 Å². The van der Waals surface area contributed by atoms with E-state index < -0.39 is 0 Å². The number of amides is 1. The third-order valence-corrected chi connectivity index (χ3v) is 2.20. The Bertz CT molecular complexity index is 423. The van der Waals surface area contributed by atoms with E-state index in [1.165, 1.54) is 12.3 Å². The highest BCUT2D eigenvalue weighted by Gasteiger charge is 2.05. The Morgan fingerprint density at radius 1 is 1.59 bits per heavy atom. The summed E-state index contributed by atoms with van der Waals surface area (Å²) in [7, 11) is 3.98. The number of rotatable bonds is 5. The minimum absolute atomic E-state index is 0.164. The highest BCUT2D eigenvalue weighted by atomic mass is 16.1. The number of hydrogen-bond donors (Lipinski definition) is 1. The molecule has 1 aromatic heterocycles. The van der Waals surface area contributed by atoms with E-state index in [0.717, 1.165) is 13.0 Å². The summed E-state index contributed by atoms with van der Waals surface area (Å²) in [5.41, 5.74) is 0.729. The average Bonchev–Trinajstić information content (AvgIpc) is 2.34. The van der Waals surface area contributed by atoms with Crippen molar-refractivity contribution in [2.45, 2.75) is 6.42 Å². The van der Waals surface area contributed by atoms with Crippen LogP contribution in [0.5, 0.6) is 0 Å². The average molecular weight is 232 g/mol. The van der Waals surface area contributed by atoms with E-state index in [-0.39, 0.29) is 11.6 Å². The number of nitriles is 1. The van der Waals surface area contributed by atoms with Gasteiger partial charge in [-0.1, -0.05) is 0 Å². The number of aromatic nitrogens is 1. The van der Waals surface area contributed by atoms with Crippen molar-refractivity contribution >= 4 is 5.91 Å². The van der Waals surface area contributed by atoms with Crippen LogP contribution in [0, 0.1) is 11.3 Å². The molecule has 0 aromatic carbocycles. The SMILES string of the molecule is CN(C)CCCNC(=O)c1ccnc(C#N)c1. The largest absolute Gasteiger partial charge is 0.352 e. The van der Waals surface area contributed by atoms with Crippen molar-refractivity contribution in [3.8, 4) is 6.07 Å². The van der Waals surface area contributed by atoms with E-state index in [0.29, 0.717) is 12.1 Å². The molecule has 0 atom stereocenters. The van der Waals surface area contributed by atoms with E-state index in [1.54, 1.807) is 6.07 Å². The van der Waals surface area contributed by atoms with Crippen LogP contribution >= 0.6 is 0 Å². The molecule has 0 aliphatic rings. The molecule has 1 amide bonds. The van der Waals surface area contributed by atoms with Crippen molar-refractivity contribution in [1.82, 2.24) is 15.2 Å². The summed E-state index contributed by atoms with van der Waals surface area (Å²) in [5.74, 6) is -0.164. The summed E-state index contributed by atoms with van der Waals surface area (Å²) >= 11 is 0. The van der Waals surface area contributed by atoms with Gasteiger partial charge in [0, 0.05) is 18.3 Å². The summed E-state index contributed by atoms with van der Waals surface area (Å²) in [6.07, 6.45) is 2.36. The van der Waals surface area contributed by atoms with Crippen LogP contribution in [0.2, 0.25) is 0 Å². The monoisotopic (exact) mass is 232 g/mol. The number of pyridine rings is 1. The van der Waals surface area contributed by atoms with Gasteiger partial charge in [-0.05, 0) is 39.2 Å². The van der Waals surface area contributed by atoms with E-state index in [2.05, 4.69) is 15.2 Å². The Morgan fingerprint density at radius 3 is 3.00 bits per heavy atom. The van der Waals surface area contributed by atoms with Crippen molar-refractivity contribution in [2.75, 3.05) is 27.2 Å². The Balaban J connectivity index is 2.44. The topological polar surface area (TPSA) is 69.0 Å².